The molecule has 0 aliphatic heterocycles. The van der Waals surface area contributed by atoms with Crippen molar-refractivity contribution in [2.75, 3.05) is 0 Å². The summed E-state index contributed by atoms with van der Waals surface area (Å²) in [4.78, 5) is 26.6. The minimum atomic E-state index is -0.274. The summed E-state index contributed by atoms with van der Waals surface area (Å²) in [6.45, 7) is 4.01. The first kappa shape index (κ1) is 12.9. The molecule has 0 saturated heterocycles. The van der Waals surface area contributed by atoms with Crippen LogP contribution in [0.5, 0.6) is 0 Å². The van der Waals surface area contributed by atoms with Gasteiger partial charge in [0, 0.05) is 16.6 Å². The largest absolute Gasteiger partial charge is 0.336 e. The van der Waals surface area contributed by atoms with E-state index in [-0.39, 0.29) is 11.2 Å². The van der Waals surface area contributed by atoms with Gasteiger partial charge in [-0.1, -0.05) is 30.3 Å². The van der Waals surface area contributed by atoms with Gasteiger partial charge in [0.15, 0.2) is 0 Å². The van der Waals surface area contributed by atoms with Crippen molar-refractivity contribution in [2.24, 2.45) is 0 Å². The van der Waals surface area contributed by atoms with E-state index < -0.39 is 0 Å². The van der Waals surface area contributed by atoms with Gasteiger partial charge in [-0.15, -0.1) is 11.3 Å². The Morgan fingerprint density at radius 1 is 1.10 bits per heavy atom. The smallest absolute Gasteiger partial charge is 0.269 e. The van der Waals surface area contributed by atoms with Crippen LogP contribution in [0.3, 0.4) is 0 Å². The highest BCUT2D eigenvalue weighted by Gasteiger charge is 2.13. The van der Waals surface area contributed by atoms with Crippen LogP contribution in [-0.2, 0) is 6.54 Å². The lowest BCUT2D eigenvalue weighted by molar-refractivity contribution is 0.683. The Bertz CT molecular complexity index is 888. The fourth-order valence-electron chi connectivity index (χ4n) is 2.28. The SMILES string of the molecule is Cc1cn2c(=O)n(Cc3ccccc3)c(=O)c(C)c2s1. The molecule has 0 atom stereocenters. The third kappa shape index (κ3) is 2.00. The van der Waals surface area contributed by atoms with Crippen molar-refractivity contribution in [3.63, 3.8) is 0 Å². The average molecular weight is 286 g/mol. The molecule has 102 valence electrons. The second-order valence-electron chi connectivity index (χ2n) is 4.80. The van der Waals surface area contributed by atoms with Crippen LogP contribution < -0.4 is 11.2 Å². The van der Waals surface area contributed by atoms with Crippen molar-refractivity contribution in [1.29, 1.82) is 0 Å². The summed E-state index contributed by atoms with van der Waals surface area (Å²) in [6.07, 6.45) is 1.79. The number of aryl methyl sites for hydroxylation is 2. The van der Waals surface area contributed by atoms with Gasteiger partial charge in [-0.3, -0.25) is 13.8 Å². The van der Waals surface area contributed by atoms with Gasteiger partial charge < -0.3 is 0 Å². The zero-order valence-electron chi connectivity index (χ0n) is 11.3. The first-order valence-corrected chi connectivity index (χ1v) is 7.15. The quantitative estimate of drug-likeness (QED) is 0.725. The van der Waals surface area contributed by atoms with Crippen LogP contribution in [0, 0.1) is 13.8 Å². The molecular weight excluding hydrogens is 272 g/mol. The lowest BCUT2D eigenvalue weighted by Crippen LogP contribution is -2.38. The zero-order valence-corrected chi connectivity index (χ0v) is 12.1. The van der Waals surface area contributed by atoms with Crippen molar-refractivity contribution in [1.82, 2.24) is 8.97 Å². The van der Waals surface area contributed by atoms with Crippen LogP contribution >= 0.6 is 11.3 Å². The van der Waals surface area contributed by atoms with E-state index in [0.29, 0.717) is 12.1 Å². The Kier molecular flexibility index (Phi) is 3.06. The maximum atomic E-state index is 12.5. The molecule has 3 rings (SSSR count). The molecule has 20 heavy (non-hydrogen) atoms. The number of aromatic nitrogens is 2. The van der Waals surface area contributed by atoms with Crippen molar-refractivity contribution in [3.05, 3.63) is 73.4 Å². The summed E-state index contributed by atoms with van der Waals surface area (Å²) >= 11 is 1.47. The maximum Gasteiger partial charge on any atom is 0.336 e. The monoisotopic (exact) mass is 286 g/mol. The van der Waals surface area contributed by atoms with Crippen molar-refractivity contribution < 1.29 is 0 Å². The van der Waals surface area contributed by atoms with Gasteiger partial charge in [-0.05, 0) is 19.4 Å². The van der Waals surface area contributed by atoms with Crippen molar-refractivity contribution in [2.45, 2.75) is 20.4 Å². The molecule has 5 heteroatoms. The lowest BCUT2D eigenvalue weighted by Gasteiger charge is -2.07. The standard InChI is InChI=1S/C15H14N2O2S/c1-10-8-17-14(20-10)11(2)13(18)16(15(17)19)9-12-6-4-3-5-7-12/h3-8H,9H2,1-2H3. The highest BCUT2D eigenvalue weighted by molar-refractivity contribution is 7.17. The summed E-state index contributed by atoms with van der Waals surface area (Å²) in [5, 5.41) is 0. The number of hydrogen-bond donors (Lipinski definition) is 0. The van der Waals surface area contributed by atoms with Gasteiger partial charge in [0.25, 0.3) is 5.56 Å². The van der Waals surface area contributed by atoms with Gasteiger partial charge in [-0.25, -0.2) is 4.79 Å². The molecule has 0 spiro atoms. The molecule has 3 aromatic rings. The Hall–Kier alpha value is -2.14. The predicted molar refractivity (Wildman–Crippen MR) is 80.8 cm³/mol. The van der Waals surface area contributed by atoms with Gasteiger partial charge >= 0.3 is 5.69 Å². The van der Waals surface area contributed by atoms with E-state index >= 15 is 0 Å². The van der Waals surface area contributed by atoms with Crippen LogP contribution in [0.1, 0.15) is 16.0 Å². The number of benzene rings is 1. The molecule has 0 fully saturated rings. The summed E-state index contributed by atoms with van der Waals surface area (Å²) in [6, 6.07) is 9.54. The van der Waals surface area contributed by atoms with E-state index in [1.165, 1.54) is 15.9 Å². The van der Waals surface area contributed by atoms with Crippen LogP contribution in [0.25, 0.3) is 4.83 Å². The minimum absolute atomic E-state index is 0.208. The second-order valence-corrected chi connectivity index (χ2v) is 6.04. The van der Waals surface area contributed by atoms with Gasteiger partial charge in [-0.2, -0.15) is 0 Å². The van der Waals surface area contributed by atoms with Crippen molar-refractivity contribution in [3.8, 4) is 0 Å². The molecule has 0 unspecified atom stereocenters. The first-order valence-electron chi connectivity index (χ1n) is 6.34. The fraction of sp³-hybridized carbons (Fsp3) is 0.200. The zero-order chi connectivity index (χ0) is 14.3. The number of hydrogen-bond acceptors (Lipinski definition) is 3. The number of rotatable bonds is 2. The van der Waals surface area contributed by atoms with Crippen molar-refractivity contribution >= 4 is 16.2 Å². The second kappa shape index (κ2) is 4.76. The molecule has 2 aromatic heterocycles. The molecule has 0 radical (unpaired) electrons. The summed E-state index contributed by atoms with van der Waals surface area (Å²) in [5.41, 5.74) is 1.08. The Labute approximate surface area is 119 Å². The maximum absolute atomic E-state index is 12.5. The van der Waals surface area contributed by atoms with E-state index in [9.17, 15) is 9.59 Å². The van der Waals surface area contributed by atoms with Gasteiger partial charge in [0.1, 0.15) is 4.83 Å². The van der Waals surface area contributed by atoms with E-state index in [2.05, 4.69) is 0 Å². The molecule has 0 aliphatic carbocycles. The number of thiazole rings is 1. The van der Waals surface area contributed by atoms with Crippen LogP contribution in [0.2, 0.25) is 0 Å². The molecule has 1 aromatic carbocycles. The predicted octanol–water partition coefficient (Wildman–Crippen LogP) is 2.19. The van der Waals surface area contributed by atoms with E-state index in [4.69, 9.17) is 0 Å². The molecule has 0 saturated carbocycles. The lowest BCUT2D eigenvalue weighted by atomic mass is 10.2. The Morgan fingerprint density at radius 3 is 2.50 bits per heavy atom. The van der Waals surface area contributed by atoms with Crippen LogP contribution in [-0.4, -0.2) is 8.97 Å². The van der Waals surface area contributed by atoms with Gasteiger partial charge in [0.2, 0.25) is 0 Å². The summed E-state index contributed by atoms with van der Waals surface area (Å²) < 4.78 is 2.86. The highest BCUT2D eigenvalue weighted by atomic mass is 32.1. The first-order chi connectivity index (χ1) is 9.58. The number of fused-ring (bicyclic) bond motifs is 1. The van der Waals surface area contributed by atoms with Crippen LogP contribution in [0.4, 0.5) is 0 Å². The van der Waals surface area contributed by atoms with E-state index in [1.54, 1.807) is 17.5 Å². The highest BCUT2D eigenvalue weighted by Crippen LogP contribution is 2.16. The summed E-state index contributed by atoms with van der Waals surface area (Å²) in [7, 11) is 0. The Balaban J connectivity index is 2.26. The topological polar surface area (TPSA) is 43.5 Å². The molecule has 0 N–H and O–H groups in total. The van der Waals surface area contributed by atoms with Crippen LogP contribution in [0.15, 0.2) is 46.1 Å². The van der Waals surface area contributed by atoms with E-state index in [1.807, 2.05) is 37.3 Å². The Morgan fingerprint density at radius 2 is 1.80 bits per heavy atom. The third-order valence-electron chi connectivity index (χ3n) is 3.29. The molecule has 0 aliphatic rings. The third-order valence-corrected chi connectivity index (χ3v) is 4.42. The molecule has 2 heterocycles. The molecular formula is C15H14N2O2S. The average Bonchev–Trinajstić information content (AvgIpc) is 2.85. The summed E-state index contributed by atoms with van der Waals surface area (Å²) in [5.74, 6) is 0. The minimum Gasteiger partial charge on any atom is -0.269 e. The van der Waals surface area contributed by atoms with E-state index in [0.717, 1.165) is 15.3 Å². The molecule has 4 nitrogen and oxygen atoms in total. The molecule has 0 bridgehead atoms. The fourth-order valence-corrected chi connectivity index (χ4v) is 3.22. The number of nitrogens with zero attached hydrogens (tertiary/aromatic N) is 2. The molecule has 0 amide bonds. The normalized spacial score (nSPS) is 11.1. The van der Waals surface area contributed by atoms with Gasteiger partial charge in [0.05, 0.1) is 6.54 Å².